The average Bonchev–Trinajstić information content (AvgIpc) is 2.26. The highest BCUT2D eigenvalue weighted by molar-refractivity contribution is 4.78. The van der Waals surface area contributed by atoms with Gasteiger partial charge >= 0.3 is 0 Å². The van der Waals surface area contributed by atoms with E-state index in [1.807, 2.05) is 0 Å². The van der Waals surface area contributed by atoms with Gasteiger partial charge in [0.05, 0.1) is 5.60 Å². The molecule has 1 aliphatic carbocycles. The lowest BCUT2D eigenvalue weighted by atomic mass is 9.82. The Bertz CT molecular complexity index is 215. The highest BCUT2D eigenvalue weighted by Crippen LogP contribution is 2.28. The van der Waals surface area contributed by atoms with Crippen molar-refractivity contribution < 1.29 is 4.74 Å². The van der Waals surface area contributed by atoms with Crippen LogP contribution in [0.1, 0.15) is 59.8 Å². The van der Waals surface area contributed by atoms with Crippen molar-refractivity contribution in [3.05, 3.63) is 0 Å². The number of hydrogen-bond donors (Lipinski definition) is 1. The van der Waals surface area contributed by atoms with Crippen molar-refractivity contribution in [1.29, 1.82) is 0 Å². The summed E-state index contributed by atoms with van der Waals surface area (Å²) in [6.07, 6.45) is 6.76. The summed E-state index contributed by atoms with van der Waals surface area (Å²) in [5.41, 5.74) is -0.00767. The van der Waals surface area contributed by atoms with E-state index in [2.05, 4.69) is 33.0 Å². The van der Waals surface area contributed by atoms with Gasteiger partial charge < -0.3 is 10.1 Å². The van der Waals surface area contributed by atoms with Gasteiger partial charge in [0.2, 0.25) is 0 Å². The Kier molecular flexibility index (Phi) is 5.94. The van der Waals surface area contributed by atoms with Crippen molar-refractivity contribution in [2.75, 3.05) is 13.7 Å². The first kappa shape index (κ1) is 15.0. The zero-order valence-corrected chi connectivity index (χ0v) is 12.4. The van der Waals surface area contributed by atoms with Gasteiger partial charge in [0.1, 0.15) is 0 Å². The molecule has 0 aliphatic heterocycles. The Labute approximate surface area is 108 Å². The van der Waals surface area contributed by atoms with E-state index in [9.17, 15) is 0 Å². The first-order chi connectivity index (χ1) is 7.93. The van der Waals surface area contributed by atoms with E-state index in [1.165, 1.54) is 32.2 Å². The molecule has 0 radical (unpaired) electrons. The summed E-state index contributed by atoms with van der Waals surface area (Å²) >= 11 is 0. The Morgan fingerprint density at radius 3 is 2.65 bits per heavy atom. The summed E-state index contributed by atoms with van der Waals surface area (Å²) in [4.78, 5) is 0. The van der Waals surface area contributed by atoms with E-state index in [1.54, 1.807) is 7.11 Å². The Hall–Kier alpha value is -0.0800. The molecular weight excluding hydrogens is 210 g/mol. The van der Waals surface area contributed by atoms with Crippen LogP contribution in [0, 0.1) is 11.8 Å². The van der Waals surface area contributed by atoms with E-state index < -0.39 is 0 Å². The van der Waals surface area contributed by atoms with Crippen LogP contribution >= 0.6 is 0 Å². The number of rotatable bonds is 6. The molecule has 17 heavy (non-hydrogen) atoms. The van der Waals surface area contributed by atoms with Gasteiger partial charge in [-0.15, -0.1) is 0 Å². The molecule has 0 spiro atoms. The molecule has 1 fully saturated rings. The van der Waals surface area contributed by atoms with Crippen LogP contribution in [0.25, 0.3) is 0 Å². The summed E-state index contributed by atoms with van der Waals surface area (Å²) in [6.45, 7) is 10.2. The highest BCUT2D eigenvalue weighted by atomic mass is 16.5. The zero-order chi connectivity index (χ0) is 12.9. The smallest absolute Gasteiger partial charge is 0.0637 e. The summed E-state index contributed by atoms with van der Waals surface area (Å²) in [5.74, 6) is 1.83. The fraction of sp³-hybridized carbons (Fsp3) is 1.00. The lowest BCUT2D eigenvalue weighted by Crippen LogP contribution is -2.38. The predicted molar refractivity (Wildman–Crippen MR) is 74.3 cm³/mol. The Morgan fingerprint density at radius 2 is 2.06 bits per heavy atom. The fourth-order valence-electron chi connectivity index (χ4n) is 3.01. The molecule has 3 atom stereocenters. The lowest BCUT2D eigenvalue weighted by Gasteiger charge is -2.30. The molecule has 0 aromatic heterocycles. The molecule has 0 heterocycles. The van der Waals surface area contributed by atoms with Crippen LogP contribution < -0.4 is 5.32 Å². The van der Waals surface area contributed by atoms with Crippen LogP contribution in [-0.4, -0.2) is 25.3 Å². The Morgan fingerprint density at radius 1 is 1.35 bits per heavy atom. The van der Waals surface area contributed by atoms with Gasteiger partial charge in [-0.3, -0.25) is 0 Å². The van der Waals surface area contributed by atoms with E-state index in [-0.39, 0.29) is 5.60 Å². The molecule has 1 rings (SSSR count). The Balaban J connectivity index is 2.21. The van der Waals surface area contributed by atoms with Crippen LogP contribution in [0.15, 0.2) is 0 Å². The molecule has 1 aliphatic rings. The van der Waals surface area contributed by atoms with Crippen molar-refractivity contribution in [2.45, 2.75) is 71.4 Å². The SMILES string of the molecule is COC(C)(C)CC(C)NCC1CCCC(C)C1. The molecule has 3 unspecified atom stereocenters. The molecular formula is C15H31NO. The molecule has 0 bridgehead atoms. The number of methoxy groups -OCH3 is 1. The van der Waals surface area contributed by atoms with Gasteiger partial charge in [-0.2, -0.15) is 0 Å². The van der Waals surface area contributed by atoms with Crippen LogP contribution in [-0.2, 0) is 4.74 Å². The molecule has 102 valence electrons. The van der Waals surface area contributed by atoms with Gasteiger partial charge in [0.25, 0.3) is 0 Å². The third-order valence-electron chi connectivity index (χ3n) is 4.15. The third-order valence-corrected chi connectivity index (χ3v) is 4.15. The quantitative estimate of drug-likeness (QED) is 0.767. The summed E-state index contributed by atoms with van der Waals surface area (Å²) < 4.78 is 5.48. The van der Waals surface area contributed by atoms with Crippen molar-refractivity contribution in [3.63, 3.8) is 0 Å². The maximum absolute atomic E-state index is 5.48. The van der Waals surface area contributed by atoms with Crippen molar-refractivity contribution >= 4 is 0 Å². The monoisotopic (exact) mass is 241 g/mol. The largest absolute Gasteiger partial charge is 0.379 e. The first-order valence-corrected chi connectivity index (χ1v) is 7.21. The van der Waals surface area contributed by atoms with Crippen molar-refractivity contribution in [2.24, 2.45) is 11.8 Å². The molecule has 0 amide bonds. The molecule has 1 saturated carbocycles. The van der Waals surface area contributed by atoms with E-state index in [4.69, 9.17) is 4.74 Å². The third kappa shape index (κ3) is 5.87. The normalized spacial score (nSPS) is 28.1. The molecule has 0 aromatic carbocycles. The number of ether oxygens (including phenoxy) is 1. The fourth-order valence-corrected chi connectivity index (χ4v) is 3.01. The zero-order valence-electron chi connectivity index (χ0n) is 12.4. The van der Waals surface area contributed by atoms with Gasteiger partial charge in [0.15, 0.2) is 0 Å². The summed E-state index contributed by atoms with van der Waals surface area (Å²) in [6, 6.07) is 0.544. The van der Waals surface area contributed by atoms with Gasteiger partial charge in [-0.25, -0.2) is 0 Å². The van der Waals surface area contributed by atoms with Crippen LogP contribution in [0.2, 0.25) is 0 Å². The van der Waals surface area contributed by atoms with Crippen molar-refractivity contribution in [1.82, 2.24) is 5.32 Å². The van der Waals surface area contributed by atoms with E-state index in [0.29, 0.717) is 6.04 Å². The van der Waals surface area contributed by atoms with Crippen molar-refractivity contribution in [3.8, 4) is 0 Å². The molecule has 0 aromatic rings. The molecule has 2 heteroatoms. The minimum atomic E-state index is -0.00767. The van der Waals surface area contributed by atoms with Gasteiger partial charge in [-0.05, 0) is 58.4 Å². The van der Waals surface area contributed by atoms with E-state index in [0.717, 1.165) is 18.3 Å². The summed E-state index contributed by atoms with van der Waals surface area (Å²) in [7, 11) is 1.80. The second-order valence-corrected chi connectivity index (χ2v) is 6.62. The van der Waals surface area contributed by atoms with Crippen LogP contribution in [0.4, 0.5) is 0 Å². The highest BCUT2D eigenvalue weighted by Gasteiger charge is 2.22. The summed E-state index contributed by atoms with van der Waals surface area (Å²) in [5, 5.41) is 3.68. The molecule has 0 saturated heterocycles. The topological polar surface area (TPSA) is 21.3 Å². The minimum Gasteiger partial charge on any atom is -0.379 e. The number of hydrogen-bond acceptors (Lipinski definition) is 2. The predicted octanol–water partition coefficient (Wildman–Crippen LogP) is 3.61. The second-order valence-electron chi connectivity index (χ2n) is 6.62. The lowest BCUT2D eigenvalue weighted by molar-refractivity contribution is 0.00812. The standard InChI is InChI=1S/C15H31NO/c1-12-7-6-8-14(9-12)11-16-13(2)10-15(3,4)17-5/h12-14,16H,6-11H2,1-5H3. The van der Waals surface area contributed by atoms with Gasteiger partial charge in [0, 0.05) is 13.2 Å². The van der Waals surface area contributed by atoms with Gasteiger partial charge in [-0.1, -0.05) is 19.8 Å². The molecule has 1 N–H and O–H groups in total. The number of nitrogens with one attached hydrogen (secondary N) is 1. The maximum atomic E-state index is 5.48. The second kappa shape index (κ2) is 6.75. The molecule has 2 nitrogen and oxygen atoms in total. The minimum absolute atomic E-state index is 0.00767. The first-order valence-electron chi connectivity index (χ1n) is 7.21. The van der Waals surface area contributed by atoms with Crippen LogP contribution in [0.3, 0.4) is 0 Å². The maximum Gasteiger partial charge on any atom is 0.0637 e. The van der Waals surface area contributed by atoms with Crippen LogP contribution in [0.5, 0.6) is 0 Å². The average molecular weight is 241 g/mol. The van der Waals surface area contributed by atoms with E-state index >= 15 is 0 Å².